The number of benzene rings is 2. The molecule has 1 N–H and O–H groups in total. The molecule has 0 unspecified atom stereocenters. The molecule has 0 radical (unpaired) electrons. The van der Waals surface area contributed by atoms with Gasteiger partial charge in [-0.2, -0.15) is 0 Å². The zero-order valence-electron chi connectivity index (χ0n) is 16.1. The predicted molar refractivity (Wildman–Crippen MR) is 114 cm³/mol. The van der Waals surface area contributed by atoms with Crippen molar-refractivity contribution in [2.75, 3.05) is 6.61 Å². The number of nitrogens with zero attached hydrogens (tertiary/aromatic N) is 2. The van der Waals surface area contributed by atoms with E-state index in [0.29, 0.717) is 41.8 Å². The third-order valence-corrected chi connectivity index (χ3v) is 5.01. The summed E-state index contributed by atoms with van der Waals surface area (Å²) in [7, 11) is 0. The number of hydrogen-bond acceptors (Lipinski definition) is 4. The summed E-state index contributed by atoms with van der Waals surface area (Å²) in [6.07, 6.45) is 3.00. The van der Waals surface area contributed by atoms with E-state index in [1.165, 1.54) is 12.1 Å². The monoisotopic (exact) mass is 445 g/mol. The number of aromatic amines is 1. The van der Waals surface area contributed by atoms with Crippen molar-refractivity contribution in [2.24, 2.45) is 0 Å². The molecule has 0 saturated carbocycles. The summed E-state index contributed by atoms with van der Waals surface area (Å²) < 4.78 is 25.2. The van der Waals surface area contributed by atoms with Crippen LogP contribution >= 0.6 is 23.2 Å². The molecule has 2 heterocycles. The summed E-state index contributed by atoms with van der Waals surface area (Å²) in [5.74, 6) is 1.87. The van der Waals surface area contributed by atoms with Crippen LogP contribution in [0.25, 0.3) is 22.8 Å². The second-order valence-electron chi connectivity index (χ2n) is 6.70. The molecule has 0 aliphatic heterocycles. The summed E-state index contributed by atoms with van der Waals surface area (Å²) in [5.41, 5.74) is 2.28. The lowest BCUT2D eigenvalue weighted by atomic mass is 10.1. The molecule has 8 heteroatoms. The van der Waals surface area contributed by atoms with E-state index in [2.05, 4.69) is 15.0 Å². The molecule has 154 valence electrons. The Morgan fingerprint density at radius 2 is 1.90 bits per heavy atom. The topological polar surface area (TPSA) is 63.9 Å². The van der Waals surface area contributed by atoms with Crippen molar-refractivity contribution in [3.05, 3.63) is 76.1 Å². The molecule has 2 aromatic heterocycles. The fourth-order valence-electron chi connectivity index (χ4n) is 2.98. The molecular formula is C22H18Cl2FN3O2. The van der Waals surface area contributed by atoms with E-state index in [1.54, 1.807) is 12.3 Å². The Labute approximate surface area is 182 Å². The van der Waals surface area contributed by atoms with Crippen molar-refractivity contribution in [2.45, 2.75) is 19.8 Å². The summed E-state index contributed by atoms with van der Waals surface area (Å²) in [5, 5.41) is 0.716. The molecule has 0 bridgehead atoms. The van der Waals surface area contributed by atoms with E-state index in [1.807, 2.05) is 31.2 Å². The molecule has 2 aromatic carbocycles. The highest BCUT2D eigenvalue weighted by Gasteiger charge is 2.18. The molecular weight excluding hydrogens is 428 g/mol. The summed E-state index contributed by atoms with van der Waals surface area (Å²) in [4.78, 5) is 12.1. The van der Waals surface area contributed by atoms with Gasteiger partial charge in [0.2, 0.25) is 5.89 Å². The first kappa shape index (κ1) is 20.4. The van der Waals surface area contributed by atoms with E-state index >= 15 is 0 Å². The van der Waals surface area contributed by atoms with Gasteiger partial charge in [-0.15, -0.1) is 0 Å². The van der Waals surface area contributed by atoms with Gasteiger partial charge in [0.1, 0.15) is 34.5 Å². The van der Waals surface area contributed by atoms with E-state index < -0.39 is 5.82 Å². The van der Waals surface area contributed by atoms with Crippen LogP contribution in [0.1, 0.15) is 18.0 Å². The molecule has 0 spiro atoms. The van der Waals surface area contributed by atoms with Crippen LogP contribution < -0.4 is 4.74 Å². The third-order valence-electron chi connectivity index (χ3n) is 4.45. The predicted octanol–water partition coefficient (Wildman–Crippen LogP) is 6.50. The largest absolute Gasteiger partial charge is 0.493 e. The minimum Gasteiger partial charge on any atom is -0.493 e. The fraction of sp³-hybridized carbons (Fsp3) is 0.182. The van der Waals surface area contributed by atoms with Crippen LogP contribution in [-0.2, 0) is 6.42 Å². The van der Waals surface area contributed by atoms with E-state index in [0.717, 1.165) is 22.8 Å². The number of halogens is 3. The van der Waals surface area contributed by atoms with Crippen LogP contribution in [0, 0.1) is 12.7 Å². The third kappa shape index (κ3) is 4.66. The fourth-order valence-corrected chi connectivity index (χ4v) is 3.22. The molecule has 5 nitrogen and oxygen atoms in total. The van der Waals surface area contributed by atoms with Crippen LogP contribution in [0.4, 0.5) is 4.39 Å². The van der Waals surface area contributed by atoms with Crippen LogP contribution in [-0.4, -0.2) is 21.6 Å². The number of imidazole rings is 1. The molecule has 0 saturated heterocycles. The number of ether oxygens (including phenoxy) is 1. The van der Waals surface area contributed by atoms with Crippen molar-refractivity contribution < 1.29 is 13.5 Å². The highest BCUT2D eigenvalue weighted by atomic mass is 35.5. The summed E-state index contributed by atoms with van der Waals surface area (Å²) in [6.45, 7) is 2.25. The van der Waals surface area contributed by atoms with Gasteiger partial charge in [0.25, 0.3) is 0 Å². The lowest BCUT2D eigenvalue weighted by molar-refractivity contribution is 0.305. The van der Waals surface area contributed by atoms with E-state index in [-0.39, 0.29) is 5.02 Å². The number of oxazole rings is 1. The maximum absolute atomic E-state index is 13.5. The van der Waals surface area contributed by atoms with Gasteiger partial charge in [0.05, 0.1) is 11.6 Å². The molecule has 0 aliphatic carbocycles. The quantitative estimate of drug-likeness (QED) is 0.329. The van der Waals surface area contributed by atoms with Gasteiger partial charge in [0.15, 0.2) is 0 Å². The Kier molecular flexibility index (Phi) is 6.06. The van der Waals surface area contributed by atoms with Gasteiger partial charge in [-0.3, -0.25) is 0 Å². The molecule has 0 atom stereocenters. The van der Waals surface area contributed by atoms with Crippen LogP contribution in [0.15, 0.2) is 53.1 Å². The standard InChI is InChI=1S/C22H18Cl2FN3O2/c1-13-26-12-19(27-13)22-28-21(14-4-6-15(23)7-5-14)20(30-22)3-2-10-29-16-8-9-17(24)18(25)11-16/h4-9,11-12H,2-3,10H2,1H3,(H,26,27). The maximum atomic E-state index is 13.5. The Morgan fingerprint density at radius 3 is 2.60 bits per heavy atom. The second kappa shape index (κ2) is 8.90. The average molecular weight is 446 g/mol. The van der Waals surface area contributed by atoms with Crippen molar-refractivity contribution in [3.63, 3.8) is 0 Å². The van der Waals surface area contributed by atoms with Gasteiger partial charge >= 0.3 is 0 Å². The lowest BCUT2D eigenvalue weighted by Crippen LogP contribution is -2.00. The van der Waals surface area contributed by atoms with Crippen LogP contribution in [0.5, 0.6) is 5.75 Å². The summed E-state index contributed by atoms with van der Waals surface area (Å²) in [6, 6.07) is 11.8. The summed E-state index contributed by atoms with van der Waals surface area (Å²) >= 11 is 11.7. The smallest absolute Gasteiger partial charge is 0.247 e. The first-order chi connectivity index (χ1) is 14.5. The van der Waals surface area contributed by atoms with Crippen molar-refractivity contribution >= 4 is 23.2 Å². The number of nitrogens with one attached hydrogen (secondary N) is 1. The highest BCUT2D eigenvalue weighted by molar-refractivity contribution is 6.31. The van der Waals surface area contributed by atoms with Crippen molar-refractivity contribution in [1.29, 1.82) is 0 Å². The zero-order chi connectivity index (χ0) is 21.1. The number of aryl methyl sites for hydroxylation is 2. The van der Waals surface area contributed by atoms with Gasteiger partial charge in [0, 0.05) is 29.3 Å². The maximum Gasteiger partial charge on any atom is 0.247 e. The number of H-pyrrole nitrogens is 1. The normalized spacial score (nSPS) is 11.1. The van der Waals surface area contributed by atoms with Crippen molar-refractivity contribution in [3.8, 4) is 28.6 Å². The molecule has 4 rings (SSSR count). The van der Waals surface area contributed by atoms with E-state index in [4.69, 9.17) is 32.4 Å². The highest BCUT2D eigenvalue weighted by Crippen LogP contribution is 2.30. The van der Waals surface area contributed by atoms with Crippen LogP contribution in [0.2, 0.25) is 10.0 Å². The number of aromatic nitrogens is 3. The van der Waals surface area contributed by atoms with Crippen molar-refractivity contribution in [1.82, 2.24) is 15.0 Å². The first-order valence-corrected chi connectivity index (χ1v) is 10.1. The Hall–Kier alpha value is -2.83. The Morgan fingerprint density at radius 1 is 1.10 bits per heavy atom. The molecule has 4 aromatic rings. The van der Waals surface area contributed by atoms with Gasteiger partial charge in [-0.1, -0.05) is 35.3 Å². The van der Waals surface area contributed by atoms with Crippen LogP contribution in [0.3, 0.4) is 0 Å². The minimum absolute atomic E-state index is 0.0674. The van der Waals surface area contributed by atoms with Gasteiger partial charge in [-0.25, -0.2) is 14.4 Å². The molecule has 0 aliphatic rings. The van der Waals surface area contributed by atoms with Gasteiger partial charge < -0.3 is 14.1 Å². The SMILES string of the molecule is Cc1nc(-c2nc(-c3ccc(Cl)cc3)c(CCCOc3ccc(Cl)c(F)c3)o2)c[nH]1. The van der Waals surface area contributed by atoms with E-state index in [9.17, 15) is 4.39 Å². The molecule has 0 fully saturated rings. The second-order valence-corrected chi connectivity index (χ2v) is 7.54. The molecule has 0 amide bonds. The van der Waals surface area contributed by atoms with Gasteiger partial charge in [-0.05, 0) is 37.6 Å². The lowest BCUT2D eigenvalue weighted by Gasteiger charge is -2.06. The number of hydrogen-bond donors (Lipinski definition) is 1. The average Bonchev–Trinajstić information content (AvgIpc) is 3.35. The number of rotatable bonds is 7. The molecule has 30 heavy (non-hydrogen) atoms. The minimum atomic E-state index is -0.506. The zero-order valence-corrected chi connectivity index (χ0v) is 17.6. The first-order valence-electron chi connectivity index (χ1n) is 9.35. The Balaban J connectivity index is 1.51. The Bertz CT molecular complexity index is 1160.